The van der Waals surface area contributed by atoms with Crippen LogP contribution in [-0.4, -0.2) is 93.1 Å². The highest BCUT2D eigenvalue weighted by atomic mass is 16.8. The van der Waals surface area contributed by atoms with Crippen molar-refractivity contribution < 1.29 is 63.6 Å². The number of phenols is 1. The van der Waals surface area contributed by atoms with Crippen molar-refractivity contribution in [1.29, 1.82) is 0 Å². The van der Waals surface area contributed by atoms with E-state index in [0.29, 0.717) is 5.56 Å². The van der Waals surface area contributed by atoms with Gasteiger partial charge in [0.25, 0.3) is 0 Å². The molecule has 0 spiro atoms. The third-order valence-corrected chi connectivity index (χ3v) is 6.63. The van der Waals surface area contributed by atoms with E-state index in [-0.39, 0.29) is 17.7 Å². The first-order chi connectivity index (χ1) is 18.0. The number of benzene rings is 1. The molecule has 0 radical (unpaired) electrons. The van der Waals surface area contributed by atoms with Gasteiger partial charge in [-0.2, -0.15) is 0 Å². The maximum Gasteiger partial charge on any atom is 0.335 e. The van der Waals surface area contributed by atoms with Crippen LogP contribution in [0.25, 0.3) is 6.08 Å². The first-order valence-electron chi connectivity index (χ1n) is 11.8. The van der Waals surface area contributed by atoms with Crippen molar-refractivity contribution in [2.45, 2.75) is 56.4 Å². The van der Waals surface area contributed by atoms with Gasteiger partial charge in [0.2, 0.25) is 6.29 Å². The Morgan fingerprint density at radius 3 is 2.47 bits per heavy atom. The summed E-state index contributed by atoms with van der Waals surface area (Å²) in [4.78, 5) is 35.7. The SMILES string of the molecule is CC1OC(=O)CC2C(C(=O)O)=COC(OC3OC(COC(=O)C=Cc4ccc(O)cc4)C(O)C(O)C3O)C12. The molecule has 5 N–H and O–H groups in total. The van der Waals surface area contributed by atoms with Crippen LogP contribution in [0.15, 0.2) is 42.2 Å². The molecule has 0 aliphatic carbocycles. The quantitative estimate of drug-likeness (QED) is 0.224. The molecule has 1 aromatic carbocycles. The molecule has 13 nitrogen and oxygen atoms in total. The van der Waals surface area contributed by atoms with E-state index in [9.17, 15) is 39.9 Å². The molecule has 9 unspecified atom stereocenters. The van der Waals surface area contributed by atoms with Crippen molar-refractivity contribution in [1.82, 2.24) is 0 Å². The molecule has 3 aliphatic heterocycles. The number of fused-ring (bicyclic) bond motifs is 1. The molecule has 0 bridgehead atoms. The highest BCUT2D eigenvalue weighted by molar-refractivity contribution is 5.88. The van der Waals surface area contributed by atoms with Crippen molar-refractivity contribution in [3.63, 3.8) is 0 Å². The number of rotatable bonds is 7. The van der Waals surface area contributed by atoms with Crippen LogP contribution < -0.4 is 0 Å². The van der Waals surface area contributed by atoms with E-state index in [1.807, 2.05) is 0 Å². The predicted octanol–water partition coefficient (Wildman–Crippen LogP) is -0.335. The lowest BCUT2D eigenvalue weighted by Crippen LogP contribution is -2.61. The average molecular weight is 536 g/mol. The summed E-state index contributed by atoms with van der Waals surface area (Å²) in [6.07, 6.45) is -6.71. The number of aliphatic hydroxyl groups is 3. The lowest BCUT2D eigenvalue weighted by molar-refractivity contribution is -0.346. The summed E-state index contributed by atoms with van der Waals surface area (Å²) in [5.41, 5.74) is 0.485. The number of aliphatic carboxylic acids is 1. The van der Waals surface area contributed by atoms with Crippen LogP contribution in [-0.2, 0) is 38.1 Å². The number of hydrogen-bond acceptors (Lipinski definition) is 12. The lowest BCUT2D eigenvalue weighted by Gasteiger charge is -2.45. The number of phenolic OH excluding ortho intramolecular Hbond substituents is 1. The van der Waals surface area contributed by atoms with Gasteiger partial charge in [-0.1, -0.05) is 12.1 Å². The van der Waals surface area contributed by atoms with Crippen LogP contribution in [0, 0.1) is 11.8 Å². The third-order valence-electron chi connectivity index (χ3n) is 6.63. The highest BCUT2D eigenvalue weighted by Crippen LogP contribution is 2.41. The van der Waals surface area contributed by atoms with Crippen molar-refractivity contribution in [3.05, 3.63) is 47.7 Å². The Hall–Kier alpha value is -3.49. The van der Waals surface area contributed by atoms with Gasteiger partial charge in [-0.05, 0) is 30.7 Å². The normalized spacial score (nSPS) is 35.0. The first-order valence-corrected chi connectivity index (χ1v) is 11.8. The van der Waals surface area contributed by atoms with Crippen LogP contribution in [0.5, 0.6) is 5.75 Å². The number of hydrogen-bond donors (Lipinski definition) is 5. The molecule has 13 heteroatoms. The fourth-order valence-corrected chi connectivity index (χ4v) is 4.62. The second kappa shape index (κ2) is 11.5. The van der Waals surface area contributed by atoms with Gasteiger partial charge in [-0.3, -0.25) is 4.79 Å². The Morgan fingerprint density at radius 1 is 1.08 bits per heavy atom. The lowest BCUT2D eigenvalue weighted by atomic mass is 9.77. The van der Waals surface area contributed by atoms with Crippen molar-refractivity contribution in [2.24, 2.45) is 11.8 Å². The number of aromatic hydroxyl groups is 1. The van der Waals surface area contributed by atoms with Gasteiger partial charge in [0.1, 0.15) is 42.9 Å². The number of carbonyl (C=O) groups is 3. The molecule has 1 aromatic rings. The molecule has 2 saturated heterocycles. The van der Waals surface area contributed by atoms with Crippen LogP contribution >= 0.6 is 0 Å². The van der Waals surface area contributed by atoms with Gasteiger partial charge >= 0.3 is 17.9 Å². The largest absolute Gasteiger partial charge is 0.508 e. The number of carboxylic acid groups (broad SMARTS) is 1. The predicted molar refractivity (Wildman–Crippen MR) is 124 cm³/mol. The minimum absolute atomic E-state index is 0.0668. The molecule has 0 saturated carbocycles. The van der Waals surface area contributed by atoms with E-state index < -0.39 is 79.5 Å². The molecule has 0 amide bonds. The number of cyclic esters (lactones) is 1. The van der Waals surface area contributed by atoms with Crippen LogP contribution in [0.4, 0.5) is 0 Å². The third kappa shape index (κ3) is 5.97. The number of ether oxygens (including phenoxy) is 5. The average Bonchev–Trinajstić information content (AvgIpc) is 2.87. The fourth-order valence-electron chi connectivity index (χ4n) is 4.62. The molecule has 4 rings (SSSR count). The highest BCUT2D eigenvalue weighted by Gasteiger charge is 2.52. The Morgan fingerprint density at radius 2 is 1.79 bits per heavy atom. The van der Waals surface area contributed by atoms with E-state index in [1.165, 1.54) is 18.2 Å². The van der Waals surface area contributed by atoms with E-state index >= 15 is 0 Å². The summed E-state index contributed by atoms with van der Waals surface area (Å²) in [5.74, 6) is -4.14. The summed E-state index contributed by atoms with van der Waals surface area (Å²) in [5, 5.41) is 50.0. The van der Waals surface area contributed by atoms with Gasteiger partial charge < -0.3 is 49.2 Å². The van der Waals surface area contributed by atoms with Crippen LogP contribution in [0.2, 0.25) is 0 Å². The topological polar surface area (TPSA) is 199 Å². The van der Waals surface area contributed by atoms with Crippen molar-refractivity contribution >= 4 is 24.0 Å². The molecule has 0 aromatic heterocycles. The number of carboxylic acids is 1. The summed E-state index contributed by atoms with van der Waals surface area (Å²) in [6, 6.07) is 6.04. The molecule has 3 heterocycles. The minimum atomic E-state index is -1.74. The van der Waals surface area contributed by atoms with Gasteiger partial charge in [0.15, 0.2) is 6.29 Å². The fraction of sp³-hybridized carbons (Fsp3) is 0.480. The summed E-state index contributed by atoms with van der Waals surface area (Å²) in [6.45, 7) is 1.04. The number of esters is 2. The van der Waals surface area contributed by atoms with Gasteiger partial charge in [-0.25, -0.2) is 9.59 Å². The number of aliphatic hydroxyl groups excluding tert-OH is 3. The monoisotopic (exact) mass is 536 g/mol. The molecule has 9 atom stereocenters. The Labute approximate surface area is 216 Å². The second-order valence-corrected chi connectivity index (χ2v) is 9.17. The second-order valence-electron chi connectivity index (χ2n) is 9.17. The van der Waals surface area contributed by atoms with E-state index in [4.69, 9.17) is 23.7 Å². The molecule has 206 valence electrons. The maximum absolute atomic E-state index is 12.1. The molecule has 38 heavy (non-hydrogen) atoms. The molecule has 3 aliphatic rings. The maximum atomic E-state index is 12.1. The Bertz CT molecular complexity index is 1100. The standard InChI is InChI=1S/C25H28O13/c1-11-19-14(8-18(28)36-11)15(23(32)33)9-35-24(19)38-25-22(31)21(30)20(29)16(37-25)10-34-17(27)7-4-12-2-5-13(26)6-3-12/h2-7,9,11,14,16,19-22,24-26,29-31H,8,10H2,1H3,(H,32,33). The zero-order valence-corrected chi connectivity index (χ0v) is 20.2. The number of carbonyl (C=O) groups excluding carboxylic acids is 2. The van der Waals surface area contributed by atoms with Gasteiger partial charge in [0.05, 0.1) is 24.2 Å². The molecular formula is C25H28O13. The van der Waals surface area contributed by atoms with Crippen molar-refractivity contribution in [3.8, 4) is 5.75 Å². The van der Waals surface area contributed by atoms with E-state index in [1.54, 1.807) is 19.1 Å². The molecule has 2 fully saturated rings. The van der Waals surface area contributed by atoms with Gasteiger partial charge in [-0.15, -0.1) is 0 Å². The van der Waals surface area contributed by atoms with Gasteiger partial charge in [0, 0.05) is 12.0 Å². The van der Waals surface area contributed by atoms with Crippen LogP contribution in [0.1, 0.15) is 18.9 Å². The van der Waals surface area contributed by atoms with Crippen LogP contribution in [0.3, 0.4) is 0 Å². The van der Waals surface area contributed by atoms with E-state index in [2.05, 4.69) is 0 Å². The summed E-state index contributed by atoms with van der Waals surface area (Å²) in [7, 11) is 0. The summed E-state index contributed by atoms with van der Waals surface area (Å²) < 4.78 is 27.1. The Balaban J connectivity index is 1.41. The Kier molecular flexibility index (Phi) is 8.33. The zero-order chi connectivity index (χ0) is 27.6. The first kappa shape index (κ1) is 27.5. The zero-order valence-electron chi connectivity index (χ0n) is 20.2. The molecular weight excluding hydrogens is 508 g/mol. The smallest absolute Gasteiger partial charge is 0.335 e. The van der Waals surface area contributed by atoms with E-state index in [0.717, 1.165) is 12.3 Å². The minimum Gasteiger partial charge on any atom is -0.508 e. The summed E-state index contributed by atoms with van der Waals surface area (Å²) >= 11 is 0. The van der Waals surface area contributed by atoms with Crippen molar-refractivity contribution in [2.75, 3.05) is 6.61 Å².